The van der Waals surface area contributed by atoms with Crippen molar-refractivity contribution in [1.29, 1.82) is 0 Å². The van der Waals surface area contributed by atoms with Crippen LogP contribution in [0.3, 0.4) is 0 Å². The second kappa shape index (κ2) is 3.79. The van der Waals surface area contributed by atoms with E-state index in [1.807, 2.05) is 6.92 Å². The molecule has 0 unspecified atom stereocenters. The number of hydrogen-bond acceptors (Lipinski definition) is 4. The van der Waals surface area contributed by atoms with E-state index in [1.165, 1.54) is 0 Å². The molecular weight excluding hydrogens is 171 g/mol. The van der Waals surface area contributed by atoms with Gasteiger partial charge in [0.2, 0.25) is 0 Å². The summed E-state index contributed by atoms with van der Waals surface area (Å²) in [5.41, 5.74) is 0. The molecule has 0 aromatic carbocycles. The van der Waals surface area contributed by atoms with Gasteiger partial charge in [-0.25, -0.2) is 0 Å². The zero-order valence-corrected chi connectivity index (χ0v) is 7.62. The van der Waals surface area contributed by atoms with E-state index >= 15 is 0 Å². The zero-order chi connectivity index (χ0) is 7.45. The maximum atomic E-state index is 5.19. The summed E-state index contributed by atoms with van der Waals surface area (Å²) < 4.78 is 15.5. The highest BCUT2D eigenvalue weighted by molar-refractivity contribution is 8.07. The van der Waals surface area contributed by atoms with Crippen LogP contribution in [0.15, 0.2) is 0 Å². The standard InChI is InChI=1S/C5H11O3PS/c1-2-6-9(10)7-4-3-5-8-9/h2-5H2,1H3. The van der Waals surface area contributed by atoms with Gasteiger partial charge in [0.1, 0.15) is 0 Å². The van der Waals surface area contributed by atoms with Crippen LogP contribution in [0.2, 0.25) is 0 Å². The van der Waals surface area contributed by atoms with Gasteiger partial charge in [-0.05, 0) is 25.2 Å². The van der Waals surface area contributed by atoms with E-state index in [-0.39, 0.29) is 0 Å². The molecule has 1 aliphatic heterocycles. The average molecular weight is 182 g/mol. The Labute approximate surface area is 65.9 Å². The molecule has 5 heteroatoms. The molecule has 0 radical (unpaired) electrons. The average Bonchev–Trinajstić information content (AvgIpc) is 1.89. The van der Waals surface area contributed by atoms with E-state index in [4.69, 9.17) is 25.4 Å². The molecule has 0 spiro atoms. The van der Waals surface area contributed by atoms with Crippen molar-refractivity contribution in [2.75, 3.05) is 19.8 Å². The van der Waals surface area contributed by atoms with Crippen LogP contribution in [-0.4, -0.2) is 19.8 Å². The first-order chi connectivity index (χ1) is 4.77. The van der Waals surface area contributed by atoms with Gasteiger partial charge in [0, 0.05) is 0 Å². The maximum absolute atomic E-state index is 5.19. The Balaban J connectivity index is 2.41. The lowest BCUT2D eigenvalue weighted by molar-refractivity contribution is 0.116. The first-order valence-electron chi connectivity index (χ1n) is 3.30. The second-order valence-electron chi connectivity index (χ2n) is 1.88. The van der Waals surface area contributed by atoms with E-state index in [0.29, 0.717) is 19.8 Å². The van der Waals surface area contributed by atoms with Gasteiger partial charge in [-0.15, -0.1) is 0 Å². The Kier molecular flexibility index (Phi) is 3.27. The van der Waals surface area contributed by atoms with Crippen molar-refractivity contribution in [3.05, 3.63) is 0 Å². The van der Waals surface area contributed by atoms with Crippen molar-refractivity contribution in [1.82, 2.24) is 0 Å². The summed E-state index contributed by atoms with van der Waals surface area (Å²) in [6.45, 7) is 1.53. The van der Waals surface area contributed by atoms with E-state index in [2.05, 4.69) is 0 Å². The molecule has 0 bridgehead atoms. The van der Waals surface area contributed by atoms with Crippen LogP contribution in [0, 0.1) is 0 Å². The topological polar surface area (TPSA) is 27.7 Å². The molecule has 0 aromatic rings. The van der Waals surface area contributed by atoms with Crippen LogP contribution in [0.4, 0.5) is 0 Å². The minimum Gasteiger partial charge on any atom is -0.309 e. The minimum atomic E-state index is -2.28. The van der Waals surface area contributed by atoms with E-state index in [1.54, 1.807) is 0 Å². The highest BCUT2D eigenvalue weighted by Gasteiger charge is 2.22. The lowest BCUT2D eigenvalue weighted by Gasteiger charge is -2.24. The van der Waals surface area contributed by atoms with Gasteiger partial charge in [-0.3, -0.25) is 0 Å². The molecule has 0 atom stereocenters. The van der Waals surface area contributed by atoms with Crippen LogP contribution < -0.4 is 0 Å². The van der Waals surface area contributed by atoms with E-state index in [9.17, 15) is 0 Å². The second-order valence-corrected chi connectivity index (χ2v) is 4.90. The van der Waals surface area contributed by atoms with E-state index in [0.717, 1.165) is 6.42 Å². The Bertz CT molecular complexity index is 132. The summed E-state index contributed by atoms with van der Waals surface area (Å²) in [7, 11) is 0. The summed E-state index contributed by atoms with van der Waals surface area (Å²) in [5.74, 6) is 0. The van der Waals surface area contributed by atoms with Crippen LogP contribution in [0.1, 0.15) is 13.3 Å². The molecule has 0 aliphatic carbocycles. The fourth-order valence-corrected chi connectivity index (χ4v) is 2.69. The van der Waals surface area contributed by atoms with Gasteiger partial charge in [0.25, 0.3) is 0 Å². The van der Waals surface area contributed by atoms with Crippen molar-refractivity contribution >= 4 is 18.5 Å². The molecule has 0 aromatic heterocycles. The lowest BCUT2D eigenvalue weighted by Crippen LogP contribution is -2.09. The van der Waals surface area contributed by atoms with Crippen LogP contribution in [0.25, 0.3) is 0 Å². The maximum Gasteiger partial charge on any atom is 0.327 e. The van der Waals surface area contributed by atoms with Crippen molar-refractivity contribution in [3.63, 3.8) is 0 Å². The molecule has 1 saturated heterocycles. The molecule has 0 saturated carbocycles. The summed E-state index contributed by atoms with van der Waals surface area (Å²) in [4.78, 5) is 0. The quantitative estimate of drug-likeness (QED) is 0.607. The fraction of sp³-hybridized carbons (Fsp3) is 1.00. The lowest BCUT2D eigenvalue weighted by atomic mass is 10.5. The molecular formula is C5H11O3PS. The van der Waals surface area contributed by atoms with Gasteiger partial charge in [-0.2, -0.15) is 0 Å². The molecule has 1 heterocycles. The van der Waals surface area contributed by atoms with Crippen molar-refractivity contribution in [2.24, 2.45) is 0 Å². The summed E-state index contributed by atoms with van der Waals surface area (Å²) in [6, 6.07) is 0. The predicted octanol–water partition coefficient (Wildman–Crippen LogP) is 1.68. The third-order valence-electron chi connectivity index (χ3n) is 1.07. The van der Waals surface area contributed by atoms with Gasteiger partial charge >= 0.3 is 6.72 Å². The molecule has 3 nitrogen and oxygen atoms in total. The summed E-state index contributed by atoms with van der Waals surface area (Å²) in [5, 5.41) is 0. The monoisotopic (exact) mass is 182 g/mol. The Hall–Kier alpha value is 0.530. The van der Waals surface area contributed by atoms with Gasteiger partial charge < -0.3 is 13.6 Å². The Morgan fingerprint density at radius 1 is 1.50 bits per heavy atom. The molecule has 0 N–H and O–H groups in total. The minimum absolute atomic E-state index is 0.567. The van der Waals surface area contributed by atoms with Crippen LogP contribution >= 0.6 is 6.72 Å². The molecule has 1 aliphatic rings. The number of rotatable bonds is 2. The van der Waals surface area contributed by atoms with Gasteiger partial charge in [0.15, 0.2) is 0 Å². The molecule has 1 fully saturated rings. The van der Waals surface area contributed by atoms with Crippen molar-refractivity contribution in [3.8, 4) is 0 Å². The van der Waals surface area contributed by atoms with Crippen molar-refractivity contribution < 1.29 is 13.6 Å². The summed E-state index contributed by atoms with van der Waals surface area (Å²) in [6.07, 6.45) is 0.922. The highest BCUT2D eigenvalue weighted by Crippen LogP contribution is 2.51. The fourth-order valence-electron chi connectivity index (χ4n) is 0.682. The largest absolute Gasteiger partial charge is 0.327 e. The first-order valence-corrected chi connectivity index (χ1v) is 5.86. The van der Waals surface area contributed by atoms with Crippen LogP contribution in [0.5, 0.6) is 0 Å². The summed E-state index contributed by atoms with van der Waals surface area (Å²) >= 11 is 5.00. The predicted molar refractivity (Wildman–Crippen MR) is 42.4 cm³/mol. The molecule has 10 heavy (non-hydrogen) atoms. The smallest absolute Gasteiger partial charge is 0.309 e. The molecule has 60 valence electrons. The Morgan fingerprint density at radius 3 is 2.60 bits per heavy atom. The number of hydrogen-bond donors (Lipinski definition) is 0. The molecule has 0 amide bonds. The van der Waals surface area contributed by atoms with Gasteiger partial charge in [-0.1, -0.05) is 0 Å². The Morgan fingerprint density at radius 2 is 2.10 bits per heavy atom. The first kappa shape index (κ1) is 8.62. The normalized spacial score (nSPS) is 24.5. The SMILES string of the molecule is CCOP1(=S)OCCCO1. The van der Waals surface area contributed by atoms with E-state index < -0.39 is 6.72 Å². The third-order valence-corrected chi connectivity index (χ3v) is 3.60. The highest BCUT2D eigenvalue weighted by atomic mass is 32.5. The zero-order valence-electron chi connectivity index (χ0n) is 5.91. The third kappa shape index (κ3) is 2.29. The van der Waals surface area contributed by atoms with Gasteiger partial charge in [0.05, 0.1) is 19.8 Å². The van der Waals surface area contributed by atoms with Crippen LogP contribution in [-0.2, 0) is 25.4 Å². The van der Waals surface area contributed by atoms with Crippen molar-refractivity contribution in [2.45, 2.75) is 13.3 Å². The molecule has 1 rings (SSSR count).